The van der Waals surface area contributed by atoms with E-state index in [0.717, 1.165) is 25.8 Å². The van der Waals surface area contributed by atoms with Gasteiger partial charge in [0.15, 0.2) is 0 Å². The molecule has 1 atom stereocenters. The number of carbonyl (C=O) groups is 1. The number of benzene rings is 1. The molecule has 2 rings (SSSR count). The first-order chi connectivity index (χ1) is 9.65. The molecule has 1 aliphatic rings. The van der Waals surface area contributed by atoms with Crippen LogP contribution in [0.15, 0.2) is 24.3 Å². The zero-order chi connectivity index (χ0) is 14.4. The van der Waals surface area contributed by atoms with E-state index in [4.69, 9.17) is 0 Å². The summed E-state index contributed by atoms with van der Waals surface area (Å²) < 4.78 is 0. The number of hydrogen-bond acceptors (Lipinski definition) is 3. The Kier molecular flexibility index (Phi) is 5.56. The van der Waals surface area contributed by atoms with Gasteiger partial charge in [-0.2, -0.15) is 0 Å². The number of nitrogens with zero attached hydrogens (tertiary/aromatic N) is 1. The van der Waals surface area contributed by atoms with E-state index in [-0.39, 0.29) is 12.0 Å². The van der Waals surface area contributed by atoms with Crippen molar-refractivity contribution in [2.45, 2.75) is 32.3 Å². The second-order valence-corrected chi connectivity index (χ2v) is 5.56. The average Bonchev–Trinajstić information content (AvgIpc) is 2.41. The van der Waals surface area contributed by atoms with Gasteiger partial charge in [-0.3, -0.25) is 9.69 Å². The molecule has 1 fully saturated rings. The summed E-state index contributed by atoms with van der Waals surface area (Å²) in [5, 5.41) is 12.5. The molecule has 4 heteroatoms. The molecule has 2 N–H and O–H groups in total. The molecule has 0 unspecified atom stereocenters. The van der Waals surface area contributed by atoms with Gasteiger partial charge in [-0.1, -0.05) is 24.3 Å². The fraction of sp³-hybridized carbons (Fsp3) is 0.562. The van der Waals surface area contributed by atoms with Crippen molar-refractivity contribution >= 4 is 5.91 Å². The van der Waals surface area contributed by atoms with E-state index in [9.17, 15) is 9.90 Å². The van der Waals surface area contributed by atoms with E-state index in [1.807, 2.05) is 17.0 Å². The van der Waals surface area contributed by atoms with Crippen LogP contribution in [0.1, 0.15) is 24.0 Å². The maximum atomic E-state index is 11.9. The predicted molar refractivity (Wildman–Crippen MR) is 79.6 cm³/mol. The number of likely N-dealkylation sites (tertiary alicyclic amines) is 1. The van der Waals surface area contributed by atoms with Crippen LogP contribution in [-0.2, 0) is 11.2 Å². The molecule has 1 aromatic carbocycles. The Balaban J connectivity index is 1.69. The van der Waals surface area contributed by atoms with Crippen molar-refractivity contribution in [2.24, 2.45) is 0 Å². The Morgan fingerprint density at radius 1 is 1.45 bits per heavy atom. The minimum Gasteiger partial charge on any atom is -0.392 e. The number of amides is 1. The van der Waals surface area contributed by atoms with Crippen LogP contribution < -0.4 is 5.32 Å². The molecule has 1 aliphatic heterocycles. The SMILES string of the molecule is Cc1ccccc1CCNC(=O)CN1CCC[C@@H](O)C1. The van der Waals surface area contributed by atoms with Crippen molar-refractivity contribution in [3.8, 4) is 0 Å². The van der Waals surface area contributed by atoms with Crippen molar-refractivity contribution in [3.63, 3.8) is 0 Å². The molecule has 20 heavy (non-hydrogen) atoms. The first-order valence-corrected chi connectivity index (χ1v) is 7.37. The molecule has 1 aromatic rings. The Labute approximate surface area is 120 Å². The fourth-order valence-corrected chi connectivity index (χ4v) is 2.66. The van der Waals surface area contributed by atoms with E-state index in [2.05, 4.69) is 24.4 Å². The van der Waals surface area contributed by atoms with Gasteiger partial charge in [0.25, 0.3) is 0 Å². The number of nitrogens with one attached hydrogen (secondary N) is 1. The van der Waals surface area contributed by atoms with E-state index in [1.165, 1.54) is 11.1 Å². The molecule has 1 saturated heterocycles. The highest BCUT2D eigenvalue weighted by Crippen LogP contribution is 2.09. The van der Waals surface area contributed by atoms with Crippen molar-refractivity contribution < 1.29 is 9.90 Å². The lowest BCUT2D eigenvalue weighted by Gasteiger charge is -2.29. The molecular weight excluding hydrogens is 252 g/mol. The highest BCUT2D eigenvalue weighted by molar-refractivity contribution is 5.78. The number of hydrogen-bond donors (Lipinski definition) is 2. The van der Waals surface area contributed by atoms with Gasteiger partial charge < -0.3 is 10.4 Å². The normalized spacial score (nSPS) is 19.8. The molecule has 110 valence electrons. The lowest BCUT2D eigenvalue weighted by Crippen LogP contribution is -2.44. The molecule has 0 aromatic heterocycles. The Bertz CT molecular complexity index is 448. The summed E-state index contributed by atoms with van der Waals surface area (Å²) in [4.78, 5) is 13.9. The minimum absolute atomic E-state index is 0.0488. The monoisotopic (exact) mass is 276 g/mol. The third-order valence-corrected chi connectivity index (χ3v) is 3.83. The van der Waals surface area contributed by atoms with Gasteiger partial charge in [0, 0.05) is 13.1 Å². The molecule has 0 radical (unpaired) electrons. The topological polar surface area (TPSA) is 52.6 Å². The summed E-state index contributed by atoms with van der Waals surface area (Å²) in [5.41, 5.74) is 2.54. The number of aliphatic hydroxyl groups excluding tert-OH is 1. The van der Waals surface area contributed by atoms with Gasteiger partial charge in [0.05, 0.1) is 12.6 Å². The fourth-order valence-electron chi connectivity index (χ4n) is 2.66. The van der Waals surface area contributed by atoms with Crippen molar-refractivity contribution in [3.05, 3.63) is 35.4 Å². The summed E-state index contributed by atoms with van der Waals surface area (Å²) in [6.07, 6.45) is 2.41. The highest BCUT2D eigenvalue weighted by Gasteiger charge is 2.19. The molecule has 0 aliphatic carbocycles. The second-order valence-electron chi connectivity index (χ2n) is 5.56. The molecule has 0 saturated carbocycles. The van der Waals surface area contributed by atoms with Gasteiger partial charge in [-0.15, -0.1) is 0 Å². The zero-order valence-electron chi connectivity index (χ0n) is 12.1. The van der Waals surface area contributed by atoms with E-state index < -0.39 is 0 Å². The van der Waals surface area contributed by atoms with Crippen molar-refractivity contribution in [1.82, 2.24) is 10.2 Å². The lowest BCUT2D eigenvalue weighted by atomic mass is 10.1. The van der Waals surface area contributed by atoms with Crippen LogP contribution in [-0.4, -0.2) is 48.2 Å². The van der Waals surface area contributed by atoms with Crippen LogP contribution in [0.5, 0.6) is 0 Å². The number of β-amino-alcohol motifs (C(OH)–C–C–N with tert-alkyl or cyclic N) is 1. The van der Waals surface area contributed by atoms with Gasteiger partial charge in [-0.25, -0.2) is 0 Å². The first kappa shape index (κ1) is 15.0. The largest absolute Gasteiger partial charge is 0.392 e. The Hall–Kier alpha value is -1.39. The van der Waals surface area contributed by atoms with Gasteiger partial charge in [0.1, 0.15) is 0 Å². The van der Waals surface area contributed by atoms with E-state index in [0.29, 0.717) is 19.6 Å². The summed E-state index contributed by atoms with van der Waals surface area (Å²) >= 11 is 0. The van der Waals surface area contributed by atoms with Crippen LogP contribution in [0, 0.1) is 6.92 Å². The van der Waals surface area contributed by atoms with Crippen molar-refractivity contribution in [1.29, 1.82) is 0 Å². The maximum Gasteiger partial charge on any atom is 0.234 e. The first-order valence-electron chi connectivity index (χ1n) is 7.37. The molecular formula is C16H24N2O2. The summed E-state index contributed by atoms with van der Waals surface area (Å²) in [6.45, 7) is 4.67. The third kappa shape index (κ3) is 4.62. The highest BCUT2D eigenvalue weighted by atomic mass is 16.3. The quantitative estimate of drug-likeness (QED) is 0.847. The van der Waals surface area contributed by atoms with Crippen LogP contribution in [0.2, 0.25) is 0 Å². The van der Waals surface area contributed by atoms with E-state index >= 15 is 0 Å². The predicted octanol–water partition coefficient (Wildman–Crippen LogP) is 1.11. The number of carbonyl (C=O) groups excluding carboxylic acids is 1. The molecule has 1 heterocycles. The van der Waals surface area contributed by atoms with Crippen molar-refractivity contribution in [2.75, 3.05) is 26.2 Å². The van der Waals surface area contributed by atoms with E-state index in [1.54, 1.807) is 0 Å². The van der Waals surface area contributed by atoms with Crippen LogP contribution in [0.4, 0.5) is 0 Å². The molecule has 4 nitrogen and oxygen atoms in total. The van der Waals surface area contributed by atoms with Gasteiger partial charge in [0.2, 0.25) is 5.91 Å². The van der Waals surface area contributed by atoms with Crippen LogP contribution in [0.3, 0.4) is 0 Å². The molecule has 1 amide bonds. The summed E-state index contributed by atoms with van der Waals surface area (Å²) in [7, 11) is 0. The summed E-state index contributed by atoms with van der Waals surface area (Å²) in [5.74, 6) is 0.0488. The minimum atomic E-state index is -0.275. The zero-order valence-corrected chi connectivity index (χ0v) is 12.1. The summed E-state index contributed by atoms with van der Waals surface area (Å²) in [6, 6.07) is 8.24. The Morgan fingerprint density at radius 3 is 3.00 bits per heavy atom. The Morgan fingerprint density at radius 2 is 2.25 bits per heavy atom. The van der Waals surface area contributed by atoms with Crippen LogP contribution in [0.25, 0.3) is 0 Å². The molecule has 0 bridgehead atoms. The smallest absolute Gasteiger partial charge is 0.234 e. The lowest BCUT2D eigenvalue weighted by molar-refractivity contribution is -0.122. The van der Waals surface area contributed by atoms with Gasteiger partial charge in [-0.05, 0) is 43.9 Å². The number of aliphatic hydroxyl groups is 1. The second kappa shape index (κ2) is 7.41. The number of rotatable bonds is 5. The number of piperidine rings is 1. The number of aryl methyl sites for hydroxylation is 1. The third-order valence-electron chi connectivity index (χ3n) is 3.83. The standard InChI is InChI=1S/C16H24N2O2/c1-13-5-2-3-6-14(13)8-9-17-16(20)12-18-10-4-7-15(19)11-18/h2-3,5-6,15,19H,4,7-12H2,1H3,(H,17,20)/t15-/m1/s1. The molecule has 0 spiro atoms. The average molecular weight is 276 g/mol. The van der Waals surface area contributed by atoms with Crippen LogP contribution >= 0.6 is 0 Å². The maximum absolute atomic E-state index is 11.9. The van der Waals surface area contributed by atoms with Gasteiger partial charge >= 0.3 is 0 Å².